The second kappa shape index (κ2) is 13.4. The molecular formula is C32H33N3O6S. The van der Waals surface area contributed by atoms with Gasteiger partial charge in [-0.25, -0.2) is 0 Å². The van der Waals surface area contributed by atoms with Crippen LogP contribution in [-0.2, 0) is 14.4 Å². The summed E-state index contributed by atoms with van der Waals surface area (Å²) in [6.07, 6.45) is 1.56. The Kier molecular flexibility index (Phi) is 9.69. The fourth-order valence-electron chi connectivity index (χ4n) is 4.47. The highest BCUT2D eigenvalue weighted by Crippen LogP contribution is 2.35. The van der Waals surface area contributed by atoms with Gasteiger partial charge in [-0.2, -0.15) is 0 Å². The summed E-state index contributed by atoms with van der Waals surface area (Å²) in [7, 11) is 0. The molecule has 1 aliphatic rings. The third-order valence-electron chi connectivity index (χ3n) is 6.38. The van der Waals surface area contributed by atoms with Gasteiger partial charge in [-0.15, -0.1) is 0 Å². The molecule has 218 valence electrons. The lowest BCUT2D eigenvalue weighted by atomic mass is 10.1. The lowest BCUT2D eigenvalue weighted by molar-refractivity contribution is -0.127. The molecule has 1 fully saturated rings. The van der Waals surface area contributed by atoms with Crippen LogP contribution in [-0.4, -0.2) is 47.6 Å². The summed E-state index contributed by atoms with van der Waals surface area (Å²) >= 11 is 0.766. The Labute approximate surface area is 249 Å². The van der Waals surface area contributed by atoms with E-state index in [0.717, 1.165) is 38.9 Å². The lowest BCUT2D eigenvalue weighted by Crippen LogP contribution is -2.36. The van der Waals surface area contributed by atoms with Gasteiger partial charge in [0.15, 0.2) is 18.1 Å². The van der Waals surface area contributed by atoms with Crippen LogP contribution in [0.5, 0.6) is 11.5 Å². The standard InChI is InChI=1S/C32H33N3O6S/c1-6-40-26-15-23(9-12-25(26)41-18-29(37)33-24-10-7-19(2)8-11-24)16-27-31(38)35(32(39)42-27)17-28(36)34-30-21(4)13-20(3)14-22(30)5/h7-16H,6,17-18H2,1-5H3,(H,33,37)(H,34,36)/b27-16-. The Morgan fingerprint density at radius 1 is 0.833 bits per heavy atom. The molecule has 1 heterocycles. The fraction of sp³-hybridized carbons (Fsp3) is 0.250. The lowest BCUT2D eigenvalue weighted by Gasteiger charge is -2.16. The molecule has 2 N–H and O–H groups in total. The number of aryl methyl sites for hydroxylation is 4. The van der Waals surface area contributed by atoms with Crippen molar-refractivity contribution in [2.75, 3.05) is 30.4 Å². The van der Waals surface area contributed by atoms with Crippen molar-refractivity contribution in [2.45, 2.75) is 34.6 Å². The summed E-state index contributed by atoms with van der Waals surface area (Å²) in [5.74, 6) is -0.587. The molecule has 4 rings (SSSR count). The summed E-state index contributed by atoms with van der Waals surface area (Å²) in [5, 5.41) is 5.08. The van der Waals surface area contributed by atoms with Crippen molar-refractivity contribution in [3.8, 4) is 11.5 Å². The maximum absolute atomic E-state index is 13.0. The molecular weight excluding hydrogens is 554 g/mol. The second-order valence-electron chi connectivity index (χ2n) is 9.93. The topological polar surface area (TPSA) is 114 Å². The highest BCUT2D eigenvalue weighted by Gasteiger charge is 2.36. The second-order valence-corrected chi connectivity index (χ2v) is 10.9. The van der Waals surface area contributed by atoms with Gasteiger partial charge in [-0.05, 0) is 93.4 Å². The number of ether oxygens (including phenoxy) is 2. The van der Waals surface area contributed by atoms with Crippen LogP contribution in [0.2, 0.25) is 0 Å². The largest absolute Gasteiger partial charge is 0.490 e. The molecule has 3 aromatic carbocycles. The Morgan fingerprint density at radius 2 is 1.52 bits per heavy atom. The highest BCUT2D eigenvalue weighted by molar-refractivity contribution is 8.18. The molecule has 10 heteroatoms. The average molecular weight is 588 g/mol. The molecule has 4 amide bonds. The van der Waals surface area contributed by atoms with Crippen LogP contribution in [0.3, 0.4) is 0 Å². The van der Waals surface area contributed by atoms with Crippen molar-refractivity contribution < 1.29 is 28.7 Å². The average Bonchev–Trinajstić information content (AvgIpc) is 3.19. The van der Waals surface area contributed by atoms with E-state index in [2.05, 4.69) is 10.6 Å². The number of hydrogen-bond donors (Lipinski definition) is 2. The predicted octanol–water partition coefficient (Wildman–Crippen LogP) is 6.01. The Morgan fingerprint density at radius 3 is 2.19 bits per heavy atom. The summed E-state index contributed by atoms with van der Waals surface area (Å²) in [6, 6.07) is 16.3. The zero-order valence-corrected chi connectivity index (χ0v) is 25.0. The first kappa shape index (κ1) is 30.4. The molecule has 1 saturated heterocycles. The third-order valence-corrected chi connectivity index (χ3v) is 7.28. The van der Waals surface area contributed by atoms with Gasteiger partial charge in [0.05, 0.1) is 11.5 Å². The normalized spacial score (nSPS) is 13.8. The molecule has 0 aliphatic carbocycles. The first-order valence-electron chi connectivity index (χ1n) is 13.4. The molecule has 9 nitrogen and oxygen atoms in total. The van der Waals surface area contributed by atoms with Crippen LogP contribution < -0.4 is 20.1 Å². The number of benzene rings is 3. The van der Waals surface area contributed by atoms with Gasteiger partial charge in [-0.1, -0.05) is 41.5 Å². The number of rotatable bonds is 10. The number of amides is 4. The Balaban J connectivity index is 1.41. The summed E-state index contributed by atoms with van der Waals surface area (Å²) < 4.78 is 11.4. The van der Waals surface area contributed by atoms with Crippen molar-refractivity contribution in [2.24, 2.45) is 0 Å². The molecule has 0 aromatic heterocycles. The van der Waals surface area contributed by atoms with Gasteiger partial charge < -0.3 is 20.1 Å². The van der Waals surface area contributed by atoms with E-state index in [-0.39, 0.29) is 17.4 Å². The number of carbonyl (C=O) groups excluding carboxylic acids is 4. The first-order chi connectivity index (χ1) is 20.0. The minimum Gasteiger partial charge on any atom is -0.490 e. The van der Waals surface area contributed by atoms with Crippen molar-refractivity contribution in [1.29, 1.82) is 0 Å². The third kappa shape index (κ3) is 7.58. The number of nitrogens with zero attached hydrogens (tertiary/aromatic N) is 1. The van der Waals surface area contributed by atoms with E-state index >= 15 is 0 Å². The van der Waals surface area contributed by atoms with Gasteiger partial charge in [0.1, 0.15) is 6.54 Å². The van der Waals surface area contributed by atoms with Crippen molar-refractivity contribution in [3.63, 3.8) is 0 Å². The van der Waals surface area contributed by atoms with E-state index in [1.807, 2.05) is 71.0 Å². The zero-order chi connectivity index (χ0) is 30.4. The van der Waals surface area contributed by atoms with Gasteiger partial charge >= 0.3 is 0 Å². The SMILES string of the molecule is CCOc1cc(/C=C2\SC(=O)N(CC(=O)Nc3c(C)cc(C)cc3C)C2=O)ccc1OCC(=O)Nc1ccc(C)cc1. The predicted molar refractivity (Wildman–Crippen MR) is 165 cm³/mol. The maximum atomic E-state index is 13.0. The van der Waals surface area contributed by atoms with Crippen LogP contribution in [0.25, 0.3) is 6.08 Å². The summed E-state index contributed by atoms with van der Waals surface area (Å²) in [5.41, 5.74) is 5.90. The zero-order valence-electron chi connectivity index (χ0n) is 24.2. The van der Waals surface area contributed by atoms with Crippen LogP contribution >= 0.6 is 11.8 Å². The molecule has 1 aliphatic heterocycles. The van der Waals surface area contributed by atoms with Gasteiger partial charge in [0, 0.05) is 11.4 Å². The van der Waals surface area contributed by atoms with Gasteiger partial charge in [-0.3, -0.25) is 24.1 Å². The summed E-state index contributed by atoms with van der Waals surface area (Å²) in [6.45, 7) is 9.27. The first-order valence-corrected chi connectivity index (χ1v) is 14.2. The molecule has 3 aromatic rings. The van der Waals surface area contributed by atoms with E-state index < -0.39 is 23.6 Å². The van der Waals surface area contributed by atoms with E-state index in [0.29, 0.717) is 35.0 Å². The van der Waals surface area contributed by atoms with Crippen molar-refractivity contribution >= 4 is 52.2 Å². The summed E-state index contributed by atoms with van der Waals surface area (Å²) in [4.78, 5) is 51.9. The van der Waals surface area contributed by atoms with Crippen LogP contribution in [0.1, 0.15) is 34.7 Å². The van der Waals surface area contributed by atoms with Crippen LogP contribution in [0.15, 0.2) is 59.5 Å². The Hall–Kier alpha value is -4.57. The molecule has 0 atom stereocenters. The molecule has 0 radical (unpaired) electrons. The quantitative estimate of drug-likeness (QED) is 0.279. The fourth-order valence-corrected chi connectivity index (χ4v) is 5.30. The smallest absolute Gasteiger partial charge is 0.294 e. The molecule has 0 spiro atoms. The van der Waals surface area contributed by atoms with Crippen LogP contribution in [0.4, 0.5) is 16.2 Å². The minimum atomic E-state index is -0.552. The maximum Gasteiger partial charge on any atom is 0.294 e. The van der Waals surface area contributed by atoms with E-state index in [4.69, 9.17) is 9.47 Å². The number of hydrogen-bond acceptors (Lipinski definition) is 7. The number of anilines is 2. The number of carbonyl (C=O) groups is 4. The molecule has 0 saturated carbocycles. The van der Waals surface area contributed by atoms with Crippen LogP contribution in [0, 0.1) is 27.7 Å². The Bertz CT molecular complexity index is 1540. The minimum absolute atomic E-state index is 0.184. The highest BCUT2D eigenvalue weighted by atomic mass is 32.2. The number of thioether (sulfide) groups is 1. The number of imide groups is 1. The van der Waals surface area contributed by atoms with E-state index in [1.54, 1.807) is 24.3 Å². The van der Waals surface area contributed by atoms with Crippen molar-refractivity contribution in [1.82, 2.24) is 4.90 Å². The van der Waals surface area contributed by atoms with Gasteiger partial charge in [0.2, 0.25) is 5.91 Å². The van der Waals surface area contributed by atoms with E-state index in [9.17, 15) is 19.2 Å². The van der Waals surface area contributed by atoms with E-state index in [1.165, 1.54) is 0 Å². The number of nitrogens with one attached hydrogen (secondary N) is 2. The van der Waals surface area contributed by atoms with Gasteiger partial charge in [0.25, 0.3) is 17.1 Å². The molecule has 0 bridgehead atoms. The van der Waals surface area contributed by atoms with Crippen molar-refractivity contribution in [3.05, 3.63) is 87.3 Å². The monoisotopic (exact) mass is 587 g/mol. The molecule has 0 unspecified atom stereocenters. The molecule has 42 heavy (non-hydrogen) atoms.